The Labute approximate surface area is 69.2 Å². The summed E-state index contributed by atoms with van der Waals surface area (Å²) in [5, 5.41) is 9.23. The lowest BCUT2D eigenvalue weighted by Gasteiger charge is -2.48. The van der Waals surface area contributed by atoms with Gasteiger partial charge in [0.25, 0.3) is 0 Å². The third kappa shape index (κ3) is 1.94. The van der Waals surface area contributed by atoms with Crippen molar-refractivity contribution >= 4 is 0 Å². The van der Waals surface area contributed by atoms with Gasteiger partial charge in [0.15, 0.2) is 0 Å². The van der Waals surface area contributed by atoms with E-state index in [0.29, 0.717) is 5.92 Å². The summed E-state index contributed by atoms with van der Waals surface area (Å²) in [6.07, 6.45) is -0.131. The van der Waals surface area contributed by atoms with Gasteiger partial charge in [-0.25, -0.2) is 0 Å². The van der Waals surface area contributed by atoms with Crippen LogP contribution in [0.2, 0.25) is 0 Å². The molecule has 1 heterocycles. The molecular weight excluding hydrogens is 138 g/mol. The van der Waals surface area contributed by atoms with Crippen molar-refractivity contribution in [2.45, 2.75) is 39.3 Å². The molecule has 0 aromatic rings. The van der Waals surface area contributed by atoms with Crippen LogP contribution in [0.5, 0.6) is 0 Å². The van der Waals surface area contributed by atoms with Crippen molar-refractivity contribution in [3.05, 3.63) is 0 Å². The molecule has 2 nitrogen and oxygen atoms in total. The first-order chi connectivity index (χ1) is 4.91. The van der Waals surface area contributed by atoms with E-state index >= 15 is 0 Å². The Kier molecular flexibility index (Phi) is 2.26. The Morgan fingerprint density at radius 1 is 1.36 bits per heavy atom. The summed E-state index contributed by atoms with van der Waals surface area (Å²) in [4.78, 5) is 2.39. The Bertz CT molecular complexity index is 131. The van der Waals surface area contributed by atoms with E-state index < -0.39 is 0 Å². The number of nitrogens with zero attached hydrogens (tertiary/aromatic N) is 1. The second kappa shape index (κ2) is 2.76. The van der Waals surface area contributed by atoms with Gasteiger partial charge in [-0.2, -0.15) is 0 Å². The van der Waals surface area contributed by atoms with Gasteiger partial charge in [-0.1, -0.05) is 0 Å². The number of aliphatic hydroxyl groups is 1. The van der Waals surface area contributed by atoms with E-state index in [0.717, 1.165) is 13.1 Å². The number of aliphatic hydroxyl groups excluding tert-OH is 1. The largest absolute Gasteiger partial charge is 0.393 e. The predicted molar refractivity (Wildman–Crippen MR) is 46.5 cm³/mol. The van der Waals surface area contributed by atoms with Crippen molar-refractivity contribution in [1.29, 1.82) is 0 Å². The standard InChI is InChI=1S/C9H19NO/c1-7(11)8-5-10(6-8)9(2,3)4/h7-8,11H,5-6H2,1-4H3/t7-/m1/s1. The van der Waals surface area contributed by atoms with Crippen molar-refractivity contribution in [3.8, 4) is 0 Å². The van der Waals surface area contributed by atoms with E-state index in [1.165, 1.54) is 0 Å². The lowest BCUT2D eigenvalue weighted by atomic mass is 9.89. The van der Waals surface area contributed by atoms with Gasteiger partial charge >= 0.3 is 0 Å². The number of hydrogen-bond acceptors (Lipinski definition) is 2. The highest BCUT2D eigenvalue weighted by Gasteiger charge is 2.36. The van der Waals surface area contributed by atoms with Gasteiger partial charge in [-0.05, 0) is 27.7 Å². The molecule has 0 unspecified atom stereocenters. The van der Waals surface area contributed by atoms with Crippen molar-refractivity contribution in [3.63, 3.8) is 0 Å². The topological polar surface area (TPSA) is 23.5 Å². The SMILES string of the molecule is C[C@@H](O)C1CN(C(C)(C)C)C1. The van der Waals surface area contributed by atoms with Gasteiger partial charge in [0, 0.05) is 24.5 Å². The van der Waals surface area contributed by atoms with Crippen LogP contribution in [0.25, 0.3) is 0 Å². The zero-order valence-corrected chi connectivity index (χ0v) is 7.96. The van der Waals surface area contributed by atoms with Crippen LogP contribution in [-0.4, -0.2) is 34.7 Å². The van der Waals surface area contributed by atoms with E-state index in [2.05, 4.69) is 25.7 Å². The number of rotatable bonds is 1. The van der Waals surface area contributed by atoms with Gasteiger partial charge in [-0.15, -0.1) is 0 Å². The second-order valence-electron chi connectivity index (χ2n) is 4.58. The van der Waals surface area contributed by atoms with Crippen LogP contribution < -0.4 is 0 Å². The second-order valence-corrected chi connectivity index (χ2v) is 4.58. The molecule has 1 fully saturated rings. The van der Waals surface area contributed by atoms with E-state index in [4.69, 9.17) is 0 Å². The van der Waals surface area contributed by atoms with E-state index in [1.807, 2.05) is 6.92 Å². The smallest absolute Gasteiger partial charge is 0.0564 e. The molecule has 66 valence electrons. The molecule has 0 aromatic carbocycles. The molecular formula is C9H19NO. The molecule has 0 spiro atoms. The average molecular weight is 157 g/mol. The van der Waals surface area contributed by atoms with E-state index in [9.17, 15) is 5.11 Å². The molecule has 2 heteroatoms. The number of likely N-dealkylation sites (tertiary alicyclic amines) is 1. The van der Waals surface area contributed by atoms with Gasteiger partial charge in [0.2, 0.25) is 0 Å². The summed E-state index contributed by atoms with van der Waals surface area (Å²) in [5.41, 5.74) is 0.283. The van der Waals surface area contributed by atoms with Crippen LogP contribution in [0.4, 0.5) is 0 Å². The maximum absolute atomic E-state index is 9.23. The van der Waals surface area contributed by atoms with Crippen molar-refractivity contribution in [1.82, 2.24) is 4.90 Å². The number of hydrogen-bond donors (Lipinski definition) is 1. The van der Waals surface area contributed by atoms with Crippen LogP contribution >= 0.6 is 0 Å². The molecule has 1 N–H and O–H groups in total. The molecule has 0 bridgehead atoms. The lowest BCUT2D eigenvalue weighted by Crippen LogP contribution is -2.58. The highest BCUT2D eigenvalue weighted by atomic mass is 16.3. The highest BCUT2D eigenvalue weighted by Crippen LogP contribution is 2.26. The maximum atomic E-state index is 9.23. The first-order valence-corrected chi connectivity index (χ1v) is 4.34. The zero-order valence-electron chi connectivity index (χ0n) is 7.96. The first kappa shape index (κ1) is 9.01. The molecule has 1 rings (SSSR count). The molecule has 0 aromatic heterocycles. The van der Waals surface area contributed by atoms with Gasteiger partial charge in [0.05, 0.1) is 6.10 Å². The van der Waals surface area contributed by atoms with Crippen LogP contribution in [-0.2, 0) is 0 Å². The van der Waals surface area contributed by atoms with Crippen LogP contribution in [0.1, 0.15) is 27.7 Å². The summed E-state index contributed by atoms with van der Waals surface area (Å²) in [6, 6.07) is 0. The third-order valence-corrected chi connectivity index (χ3v) is 2.54. The quantitative estimate of drug-likeness (QED) is 0.616. The Hall–Kier alpha value is -0.0800. The van der Waals surface area contributed by atoms with Crippen molar-refractivity contribution < 1.29 is 5.11 Å². The van der Waals surface area contributed by atoms with Crippen molar-refractivity contribution in [2.24, 2.45) is 5.92 Å². The molecule has 1 atom stereocenters. The summed E-state index contributed by atoms with van der Waals surface area (Å²) in [6.45, 7) is 10.6. The third-order valence-electron chi connectivity index (χ3n) is 2.54. The summed E-state index contributed by atoms with van der Waals surface area (Å²) < 4.78 is 0. The predicted octanol–water partition coefficient (Wildman–Crippen LogP) is 1.10. The Morgan fingerprint density at radius 2 is 1.82 bits per heavy atom. The molecule has 0 radical (unpaired) electrons. The highest BCUT2D eigenvalue weighted by molar-refractivity contribution is 4.90. The van der Waals surface area contributed by atoms with Gasteiger partial charge in [-0.3, -0.25) is 4.90 Å². The minimum Gasteiger partial charge on any atom is -0.393 e. The van der Waals surface area contributed by atoms with Crippen molar-refractivity contribution in [2.75, 3.05) is 13.1 Å². The minimum atomic E-state index is -0.131. The fourth-order valence-electron chi connectivity index (χ4n) is 1.37. The Morgan fingerprint density at radius 3 is 2.09 bits per heavy atom. The maximum Gasteiger partial charge on any atom is 0.0564 e. The van der Waals surface area contributed by atoms with Gasteiger partial charge in [0.1, 0.15) is 0 Å². The summed E-state index contributed by atoms with van der Waals surface area (Å²) in [5.74, 6) is 0.509. The van der Waals surface area contributed by atoms with Crippen LogP contribution in [0.3, 0.4) is 0 Å². The van der Waals surface area contributed by atoms with Crippen LogP contribution in [0, 0.1) is 5.92 Å². The molecule has 1 aliphatic heterocycles. The zero-order chi connectivity index (χ0) is 8.65. The lowest BCUT2D eigenvalue weighted by molar-refractivity contribution is -0.0417. The minimum absolute atomic E-state index is 0.131. The first-order valence-electron chi connectivity index (χ1n) is 4.34. The normalized spacial score (nSPS) is 24.8. The molecule has 1 aliphatic rings. The summed E-state index contributed by atoms with van der Waals surface area (Å²) in [7, 11) is 0. The fraction of sp³-hybridized carbons (Fsp3) is 1.00. The van der Waals surface area contributed by atoms with E-state index in [1.54, 1.807) is 0 Å². The monoisotopic (exact) mass is 157 g/mol. The average Bonchev–Trinajstić information content (AvgIpc) is 1.51. The molecule has 1 saturated heterocycles. The molecule has 0 aliphatic carbocycles. The summed E-state index contributed by atoms with van der Waals surface area (Å²) >= 11 is 0. The van der Waals surface area contributed by atoms with Crippen LogP contribution in [0.15, 0.2) is 0 Å². The molecule has 0 saturated carbocycles. The fourth-order valence-corrected chi connectivity index (χ4v) is 1.37. The Balaban J connectivity index is 2.30. The van der Waals surface area contributed by atoms with E-state index in [-0.39, 0.29) is 11.6 Å². The molecule has 11 heavy (non-hydrogen) atoms. The molecule has 0 amide bonds. The van der Waals surface area contributed by atoms with Gasteiger partial charge < -0.3 is 5.11 Å².